The van der Waals surface area contributed by atoms with Crippen LogP contribution in [0.5, 0.6) is 0 Å². The van der Waals surface area contributed by atoms with E-state index >= 15 is 0 Å². The van der Waals surface area contributed by atoms with E-state index in [2.05, 4.69) is 15.3 Å². The van der Waals surface area contributed by atoms with Crippen LogP contribution in [-0.4, -0.2) is 60.0 Å². The Labute approximate surface area is 165 Å². The van der Waals surface area contributed by atoms with Crippen molar-refractivity contribution in [3.8, 4) is 0 Å². The largest absolute Gasteiger partial charge is 0.379 e. The summed E-state index contributed by atoms with van der Waals surface area (Å²) in [6, 6.07) is 7.70. The molecule has 1 saturated heterocycles. The first-order valence-electron chi connectivity index (χ1n) is 9.42. The summed E-state index contributed by atoms with van der Waals surface area (Å²) in [6.07, 6.45) is 0.928. The lowest BCUT2D eigenvalue weighted by Crippen LogP contribution is -2.38. The molecular formula is C20H27ClN4O2. The number of ether oxygens (including phenoxy) is 1. The Balaban J connectivity index is 1.56. The molecule has 1 aromatic heterocycles. The molecule has 1 aliphatic rings. The van der Waals surface area contributed by atoms with Crippen LogP contribution in [0.25, 0.3) is 0 Å². The van der Waals surface area contributed by atoms with Gasteiger partial charge in [-0.3, -0.25) is 14.4 Å². The van der Waals surface area contributed by atoms with Gasteiger partial charge in [0.05, 0.1) is 31.0 Å². The number of carbonyl (C=O) groups is 1. The third kappa shape index (κ3) is 5.09. The summed E-state index contributed by atoms with van der Waals surface area (Å²) < 4.78 is 7.20. The molecule has 1 aromatic carbocycles. The Morgan fingerprint density at radius 1 is 1.26 bits per heavy atom. The molecule has 1 amide bonds. The Kier molecular flexibility index (Phi) is 6.88. The third-order valence-corrected chi connectivity index (χ3v) is 5.30. The first-order chi connectivity index (χ1) is 13.1. The topological polar surface area (TPSA) is 59.4 Å². The lowest BCUT2D eigenvalue weighted by Gasteiger charge is -2.26. The summed E-state index contributed by atoms with van der Waals surface area (Å²) in [7, 11) is 0. The second kappa shape index (κ2) is 9.35. The van der Waals surface area contributed by atoms with Gasteiger partial charge in [0, 0.05) is 30.4 Å². The van der Waals surface area contributed by atoms with Crippen molar-refractivity contribution in [2.24, 2.45) is 0 Å². The number of benzene rings is 1. The standard InChI is InChI=1S/C20H27ClN4O2/c1-15-19(20(26)22-8-5-9-24-10-12-27-13-11-24)16(2)25(23-15)14-17-6-3-4-7-18(17)21/h3-4,6-7H,5,8-14H2,1-2H3,(H,22,26). The average Bonchev–Trinajstić information content (AvgIpc) is 2.95. The molecule has 1 fully saturated rings. The van der Waals surface area contributed by atoms with Gasteiger partial charge in [0.15, 0.2) is 0 Å². The van der Waals surface area contributed by atoms with E-state index in [0.29, 0.717) is 23.7 Å². The fourth-order valence-corrected chi connectivity index (χ4v) is 3.58. The van der Waals surface area contributed by atoms with Crippen molar-refractivity contribution >= 4 is 17.5 Å². The number of aryl methyl sites for hydroxylation is 1. The van der Waals surface area contributed by atoms with Gasteiger partial charge in [-0.05, 0) is 38.4 Å². The minimum atomic E-state index is -0.0580. The number of rotatable bonds is 7. The van der Waals surface area contributed by atoms with E-state index in [0.717, 1.165) is 56.2 Å². The second-order valence-electron chi connectivity index (χ2n) is 6.86. The molecule has 7 heteroatoms. The number of nitrogens with zero attached hydrogens (tertiary/aromatic N) is 3. The van der Waals surface area contributed by atoms with E-state index < -0.39 is 0 Å². The van der Waals surface area contributed by atoms with E-state index in [1.54, 1.807) is 0 Å². The normalized spacial score (nSPS) is 15.1. The van der Waals surface area contributed by atoms with Crippen LogP contribution >= 0.6 is 11.6 Å². The van der Waals surface area contributed by atoms with Crippen LogP contribution in [-0.2, 0) is 11.3 Å². The average molecular weight is 391 g/mol. The van der Waals surface area contributed by atoms with Crippen LogP contribution in [0, 0.1) is 13.8 Å². The number of aromatic nitrogens is 2. The third-order valence-electron chi connectivity index (χ3n) is 4.93. The van der Waals surface area contributed by atoms with Crippen LogP contribution < -0.4 is 5.32 Å². The minimum absolute atomic E-state index is 0.0580. The van der Waals surface area contributed by atoms with Crippen molar-refractivity contribution in [2.75, 3.05) is 39.4 Å². The fourth-order valence-electron chi connectivity index (χ4n) is 3.39. The number of amides is 1. The SMILES string of the molecule is Cc1nn(Cc2ccccc2Cl)c(C)c1C(=O)NCCCN1CCOCC1. The Bertz CT molecular complexity index is 784. The van der Waals surface area contributed by atoms with Gasteiger partial charge in [-0.25, -0.2) is 0 Å². The molecule has 0 spiro atoms. The van der Waals surface area contributed by atoms with Gasteiger partial charge in [0.25, 0.3) is 5.91 Å². The lowest BCUT2D eigenvalue weighted by atomic mass is 10.1. The van der Waals surface area contributed by atoms with Crippen molar-refractivity contribution in [3.63, 3.8) is 0 Å². The summed E-state index contributed by atoms with van der Waals surface area (Å²) in [5.74, 6) is -0.0580. The van der Waals surface area contributed by atoms with Gasteiger partial charge in [0.2, 0.25) is 0 Å². The maximum atomic E-state index is 12.6. The first kappa shape index (κ1) is 19.9. The Hall–Kier alpha value is -1.89. The van der Waals surface area contributed by atoms with Crippen molar-refractivity contribution in [1.82, 2.24) is 20.0 Å². The number of hydrogen-bond donors (Lipinski definition) is 1. The summed E-state index contributed by atoms with van der Waals surface area (Å²) in [6.45, 7) is 9.54. The zero-order valence-electron chi connectivity index (χ0n) is 16.0. The van der Waals surface area contributed by atoms with E-state index in [-0.39, 0.29) is 5.91 Å². The summed E-state index contributed by atoms with van der Waals surface area (Å²) >= 11 is 6.25. The van der Waals surface area contributed by atoms with E-state index in [1.165, 1.54) is 0 Å². The zero-order valence-corrected chi connectivity index (χ0v) is 16.8. The van der Waals surface area contributed by atoms with Crippen LogP contribution in [0.3, 0.4) is 0 Å². The summed E-state index contributed by atoms with van der Waals surface area (Å²) in [5.41, 5.74) is 3.25. The highest BCUT2D eigenvalue weighted by Gasteiger charge is 2.19. The van der Waals surface area contributed by atoms with E-state index in [4.69, 9.17) is 16.3 Å². The highest BCUT2D eigenvalue weighted by molar-refractivity contribution is 6.31. The minimum Gasteiger partial charge on any atom is -0.379 e. The van der Waals surface area contributed by atoms with E-state index in [9.17, 15) is 4.79 Å². The molecule has 1 aliphatic heterocycles. The molecule has 2 aromatic rings. The molecule has 0 radical (unpaired) electrons. The zero-order chi connectivity index (χ0) is 19.2. The highest BCUT2D eigenvalue weighted by Crippen LogP contribution is 2.19. The van der Waals surface area contributed by atoms with Gasteiger partial charge in [-0.2, -0.15) is 5.10 Å². The summed E-state index contributed by atoms with van der Waals surface area (Å²) in [5, 5.41) is 8.28. The van der Waals surface area contributed by atoms with Crippen LogP contribution in [0.4, 0.5) is 0 Å². The first-order valence-corrected chi connectivity index (χ1v) is 9.80. The van der Waals surface area contributed by atoms with Gasteiger partial charge in [0.1, 0.15) is 0 Å². The number of carbonyl (C=O) groups excluding carboxylic acids is 1. The maximum Gasteiger partial charge on any atom is 0.255 e. The molecule has 0 aliphatic carbocycles. The maximum absolute atomic E-state index is 12.6. The molecule has 146 valence electrons. The monoisotopic (exact) mass is 390 g/mol. The number of halogens is 1. The number of nitrogens with one attached hydrogen (secondary N) is 1. The Morgan fingerprint density at radius 3 is 2.74 bits per heavy atom. The Morgan fingerprint density at radius 2 is 2.00 bits per heavy atom. The number of hydrogen-bond acceptors (Lipinski definition) is 4. The predicted molar refractivity (Wildman–Crippen MR) is 106 cm³/mol. The van der Waals surface area contributed by atoms with Crippen molar-refractivity contribution < 1.29 is 9.53 Å². The van der Waals surface area contributed by atoms with Crippen molar-refractivity contribution in [2.45, 2.75) is 26.8 Å². The molecule has 1 N–H and O–H groups in total. The number of morpholine rings is 1. The molecule has 2 heterocycles. The second-order valence-corrected chi connectivity index (χ2v) is 7.27. The molecule has 0 bridgehead atoms. The van der Waals surface area contributed by atoms with Crippen LogP contribution in [0.1, 0.15) is 33.7 Å². The molecule has 27 heavy (non-hydrogen) atoms. The van der Waals surface area contributed by atoms with Crippen molar-refractivity contribution in [1.29, 1.82) is 0 Å². The van der Waals surface area contributed by atoms with Crippen molar-refractivity contribution in [3.05, 3.63) is 51.8 Å². The smallest absolute Gasteiger partial charge is 0.255 e. The lowest BCUT2D eigenvalue weighted by molar-refractivity contribution is 0.0374. The molecule has 6 nitrogen and oxygen atoms in total. The van der Waals surface area contributed by atoms with Gasteiger partial charge in [-0.1, -0.05) is 29.8 Å². The van der Waals surface area contributed by atoms with Gasteiger partial charge in [-0.15, -0.1) is 0 Å². The van der Waals surface area contributed by atoms with Gasteiger partial charge < -0.3 is 10.1 Å². The van der Waals surface area contributed by atoms with Gasteiger partial charge >= 0.3 is 0 Å². The fraction of sp³-hybridized carbons (Fsp3) is 0.500. The molecule has 0 saturated carbocycles. The summed E-state index contributed by atoms with van der Waals surface area (Å²) in [4.78, 5) is 15.0. The molecule has 3 rings (SSSR count). The molecule has 0 unspecified atom stereocenters. The molecule has 0 atom stereocenters. The highest BCUT2D eigenvalue weighted by atomic mass is 35.5. The van der Waals surface area contributed by atoms with E-state index in [1.807, 2.05) is 42.8 Å². The van der Waals surface area contributed by atoms with Crippen LogP contribution in [0.15, 0.2) is 24.3 Å². The van der Waals surface area contributed by atoms with Crippen LogP contribution in [0.2, 0.25) is 5.02 Å². The predicted octanol–water partition coefficient (Wildman–Crippen LogP) is 2.65. The quantitative estimate of drug-likeness (QED) is 0.738. The molecular weight excluding hydrogens is 364 g/mol.